The molecule has 0 saturated heterocycles. The highest BCUT2D eigenvalue weighted by atomic mass is 15.0. The third kappa shape index (κ3) is 2.93. The van der Waals surface area contributed by atoms with Gasteiger partial charge in [-0.15, -0.1) is 0 Å². The number of hydrogen-bond donors (Lipinski definition) is 1. The first-order valence-corrected chi connectivity index (χ1v) is 8.18. The minimum atomic E-state index is 0.467. The largest absolute Gasteiger partial charge is 0.314 e. The smallest absolute Gasteiger partial charge is 0.0109 e. The lowest BCUT2D eigenvalue weighted by molar-refractivity contribution is 0.377. The van der Waals surface area contributed by atoms with Crippen molar-refractivity contribution in [1.82, 2.24) is 5.32 Å². The number of hydrogen-bond acceptors (Lipinski definition) is 1. The summed E-state index contributed by atoms with van der Waals surface area (Å²) >= 11 is 0. The van der Waals surface area contributed by atoms with E-state index in [9.17, 15) is 0 Å². The monoisotopic (exact) mass is 273 g/mol. The lowest BCUT2D eigenvalue weighted by Crippen LogP contribution is -2.34. The van der Waals surface area contributed by atoms with Gasteiger partial charge in [0.1, 0.15) is 0 Å². The van der Waals surface area contributed by atoms with Gasteiger partial charge in [-0.25, -0.2) is 0 Å². The van der Waals surface area contributed by atoms with Gasteiger partial charge in [0, 0.05) is 6.04 Å². The van der Waals surface area contributed by atoms with Crippen LogP contribution < -0.4 is 5.32 Å². The molecule has 1 fully saturated rings. The van der Waals surface area contributed by atoms with Crippen LogP contribution in [0.1, 0.15) is 53.0 Å². The Balaban J connectivity index is 1.98. The van der Waals surface area contributed by atoms with Crippen LogP contribution in [0.3, 0.4) is 0 Å². The maximum atomic E-state index is 3.81. The molecule has 1 nitrogen and oxygen atoms in total. The molecule has 20 heavy (non-hydrogen) atoms. The second-order valence-corrected chi connectivity index (χ2v) is 7.51. The topological polar surface area (TPSA) is 12.0 Å². The third-order valence-electron chi connectivity index (χ3n) is 5.78. The molecule has 1 saturated carbocycles. The van der Waals surface area contributed by atoms with Crippen molar-refractivity contribution < 1.29 is 0 Å². The van der Waals surface area contributed by atoms with Crippen LogP contribution in [0.2, 0.25) is 0 Å². The first-order chi connectivity index (χ1) is 9.41. The molecule has 1 aromatic rings. The summed E-state index contributed by atoms with van der Waals surface area (Å²) in [5.74, 6) is 0.797. The summed E-state index contributed by atoms with van der Waals surface area (Å²) in [5.41, 5.74) is 2.40. The summed E-state index contributed by atoms with van der Waals surface area (Å²) in [4.78, 5) is 0. The van der Waals surface area contributed by atoms with Crippen LogP contribution in [-0.2, 0) is 6.42 Å². The summed E-state index contributed by atoms with van der Waals surface area (Å²) < 4.78 is 0. The van der Waals surface area contributed by atoms with E-state index >= 15 is 0 Å². The van der Waals surface area contributed by atoms with Crippen molar-refractivity contribution in [2.24, 2.45) is 16.7 Å². The lowest BCUT2D eigenvalue weighted by Gasteiger charge is -2.21. The Morgan fingerprint density at radius 3 is 2.15 bits per heavy atom. The van der Waals surface area contributed by atoms with Crippen molar-refractivity contribution in [2.75, 3.05) is 6.54 Å². The van der Waals surface area contributed by atoms with E-state index in [0.29, 0.717) is 16.9 Å². The molecule has 0 amide bonds. The Labute approximate surface area is 125 Å². The fourth-order valence-corrected chi connectivity index (χ4v) is 3.94. The molecule has 1 heteroatoms. The second-order valence-electron chi connectivity index (χ2n) is 7.51. The summed E-state index contributed by atoms with van der Waals surface area (Å²) in [6, 6.07) is 11.5. The number of rotatable bonds is 7. The van der Waals surface area contributed by atoms with Crippen LogP contribution in [0.5, 0.6) is 0 Å². The third-order valence-corrected chi connectivity index (χ3v) is 5.78. The normalized spacial score (nSPS) is 21.6. The van der Waals surface area contributed by atoms with Gasteiger partial charge in [0.25, 0.3) is 0 Å². The van der Waals surface area contributed by atoms with E-state index in [0.717, 1.165) is 12.5 Å². The van der Waals surface area contributed by atoms with Crippen LogP contribution in [0.4, 0.5) is 0 Å². The summed E-state index contributed by atoms with van der Waals surface area (Å²) in [7, 11) is 0. The lowest BCUT2D eigenvalue weighted by atomic mass is 9.97. The van der Waals surface area contributed by atoms with Crippen LogP contribution >= 0.6 is 0 Å². The van der Waals surface area contributed by atoms with E-state index < -0.39 is 0 Å². The Hall–Kier alpha value is -0.820. The predicted molar refractivity (Wildman–Crippen MR) is 87.9 cm³/mol. The zero-order chi connectivity index (χ0) is 14.8. The molecule has 1 unspecified atom stereocenters. The van der Waals surface area contributed by atoms with E-state index in [4.69, 9.17) is 0 Å². The average molecular weight is 273 g/mol. The highest BCUT2D eigenvalue weighted by Crippen LogP contribution is 2.70. The van der Waals surface area contributed by atoms with Crippen LogP contribution in [0.15, 0.2) is 30.3 Å². The van der Waals surface area contributed by atoms with Gasteiger partial charge in [0.15, 0.2) is 0 Å². The van der Waals surface area contributed by atoms with Crippen LogP contribution in [-0.4, -0.2) is 12.6 Å². The number of aryl methyl sites for hydroxylation is 1. The van der Waals surface area contributed by atoms with Gasteiger partial charge in [0.2, 0.25) is 0 Å². The van der Waals surface area contributed by atoms with Crippen molar-refractivity contribution in [3.05, 3.63) is 35.9 Å². The van der Waals surface area contributed by atoms with Crippen molar-refractivity contribution in [3.8, 4) is 0 Å². The van der Waals surface area contributed by atoms with Gasteiger partial charge in [-0.2, -0.15) is 0 Å². The summed E-state index contributed by atoms with van der Waals surface area (Å²) in [6.07, 6.45) is 3.65. The van der Waals surface area contributed by atoms with Crippen molar-refractivity contribution in [2.45, 2.75) is 59.9 Å². The maximum Gasteiger partial charge on any atom is 0.0109 e. The summed E-state index contributed by atoms with van der Waals surface area (Å²) in [6.45, 7) is 13.1. The molecule has 1 aliphatic rings. The fraction of sp³-hybridized carbons (Fsp3) is 0.684. The zero-order valence-corrected chi connectivity index (χ0v) is 13.9. The molecule has 1 aliphatic carbocycles. The Morgan fingerprint density at radius 1 is 1.05 bits per heavy atom. The van der Waals surface area contributed by atoms with E-state index in [2.05, 4.69) is 70.3 Å². The fourth-order valence-electron chi connectivity index (χ4n) is 3.94. The van der Waals surface area contributed by atoms with E-state index in [1.165, 1.54) is 24.8 Å². The highest BCUT2D eigenvalue weighted by Gasteiger charge is 2.66. The SMILES string of the molecule is CCCNC(CCc1ccccc1)C1C(C)(C)C1(C)C. The van der Waals surface area contributed by atoms with E-state index in [1.807, 2.05) is 0 Å². The van der Waals surface area contributed by atoms with Crippen LogP contribution in [0.25, 0.3) is 0 Å². The highest BCUT2D eigenvalue weighted by molar-refractivity contribution is 5.18. The van der Waals surface area contributed by atoms with Crippen molar-refractivity contribution in [3.63, 3.8) is 0 Å². The minimum absolute atomic E-state index is 0.467. The Morgan fingerprint density at radius 2 is 1.65 bits per heavy atom. The molecule has 0 heterocycles. The predicted octanol–water partition coefficient (Wildman–Crippen LogP) is 4.67. The zero-order valence-electron chi connectivity index (χ0n) is 13.9. The minimum Gasteiger partial charge on any atom is -0.314 e. The molecule has 0 bridgehead atoms. The molecule has 0 aliphatic heterocycles. The average Bonchev–Trinajstić information content (AvgIpc) is 2.82. The number of nitrogens with one attached hydrogen (secondary N) is 1. The first kappa shape index (κ1) is 15.6. The molecule has 1 atom stereocenters. The van der Waals surface area contributed by atoms with Crippen molar-refractivity contribution >= 4 is 0 Å². The van der Waals surface area contributed by atoms with Crippen molar-refractivity contribution in [1.29, 1.82) is 0 Å². The Bertz CT molecular complexity index is 405. The molecule has 0 spiro atoms. The number of benzene rings is 1. The standard InChI is InChI=1S/C19H31N/c1-6-14-20-16(17-18(2,3)19(17,4)5)13-12-15-10-8-7-9-11-15/h7-11,16-17,20H,6,12-14H2,1-5H3. The van der Waals surface area contributed by atoms with Crippen LogP contribution in [0, 0.1) is 16.7 Å². The second kappa shape index (κ2) is 5.89. The van der Waals surface area contributed by atoms with E-state index in [-0.39, 0.29) is 0 Å². The molecule has 2 rings (SSSR count). The van der Waals surface area contributed by atoms with Gasteiger partial charge in [-0.3, -0.25) is 0 Å². The first-order valence-electron chi connectivity index (χ1n) is 8.18. The molecule has 1 aromatic carbocycles. The van der Waals surface area contributed by atoms with Gasteiger partial charge < -0.3 is 5.32 Å². The molecule has 0 radical (unpaired) electrons. The van der Waals surface area contributed by atoms with Gasteiger partial charge in [-0.1, -0.05) is 65.0 Å². The molecule has 0 aromatic heterocycles. The quantitative estimate of drug-likeness (QED) is 0.761. The molecule has 112 valence electrons. The van der Waals surface area contributed by atoms with Gasteiger partial charge in [-0.05, 0) is 48.1 Å². The van der Waals surface area contributed by atoms with Gasteiger partial charge in [0.05, 0.1) is 0 Å². The van der Waals surface area contributed by atoms with Gasteiger partial charge >= 0.3 is 0 Å². The molecular weight excluding hydrogens is 242 g/mol. The van der Waals surface area contributed by atoms with E-state index in [1.54, 1.807) is 0 Å². The molecule has 1 N–H and O–H groups in total. The Kier molecular flexibility index (Phi) is 4.59. The molecular formula is C19H31N. The maximum absolute atomic E-state index is 3.81. The summed E-state index contributed by atoms with van der Waals surface area (Å²) in [5, 5.41) is 3.81.